The van der Waals surface area contributed by atoms with Crippen LogP contribution in [0.15, 0.2) is 36.7 Å². The molecule has 2 rings (SSSR count). The molecule has 1 aromatic heterocycles. The molecule has 1 aromatic carbocycles. The largest absolute Gasteiger partial charge is 0.378 e. The van der Waals surface area contributed by atoms with Crippen LogP contribution in [0.25, 0.3) is 0 Å². The van der Waals surface area contributed by atoms with Crippen molar-refractivity contribution in [3.05, 3.63) is 47.8 Å². The van der Waals surface area contributed by atoms with E-state index in [1.807, 2.05) is 10.9 Å². The molecule has 0 aliphatic carbocycles. The second-order valence-electron chi connectivity index (χ2n) is 5.28. The van der Waals surface area contributed by atoms with Crippen LogP contribution in [0.2, 0.25) is 0 Å². The normalized spacial score (nSPS) is 10.8. The van der Waals surface area contributed by atoms with Gasteiger partial charge in [0, 0.05) is 51.2 Å². The molecular formula is C16H24N4. The van der Waals surface area contributed by atoms with Gasteiger partial charge in [0.25, 0.3) is 0 Å². The average molecular weight is 272 g/mol. The fraction of sp³-hybridized carbons (Fsp3) is 0.438. The molecule has 0 fully saturated rings. The molecule has 0 spiro atoms. The highest BCUT2D eigenvalue weighted by Crippen LogP contribution is 2.12. The van der Waals surface area contributed by atoms with Gasteiger partial charge in [0.05, 0.1) is 6.20 Å². The summed E-state index contributed by atoms with van der Waals surface area (Å²) in [6, 6.07) is 8.64. The Morgan fingerprint density at radius 3 is 2.45 bits per heavy atom. The number of nitrogens with one attached hydrogen (secondary N) is 1. The van der Waals surface area contributed by atoms with Crippen LogP contribution in [0.4, 0.5) is 5.69 Å². The molecule has 1 N–H and O–H groups in total. The first-order chi connectivity index (χ1) is 9.69. The van der Waals surface area contributed by atoms with Gasteiger partial charge in [-0.25, -0.2) is 0 Å². The summed E-state index contributed by atoms with van der Waals surface area (Å²) >= 11 is 0. The van der Waals surface area contributed by atoms with E-state index in [4.69, 9.17) is 0 Å². The molecule has 1 heterocycles. The number of hydrogen-bond donors (Lipinski definition) is 1. The molecule has 2 aromatic rings. The molecule has 0 atom stereocenters. The van der Waals surface area contributed by atoms with E-state index in [-0.39, 0.29) is 0 Å². The van der Waals surface area contributed by atoms with Crippen LogP contribution in [0.3, 0.4) is 0 Å². The standard InChI is InChI=1S/C16H24N4/c1-4-9-20-13-15(12-18-20)11-17-10-14-5-7-16(8-6-14)19(2)3/h5-8,12-13,17H,4,9-11H2,1-3H3. The van der Waals surface area contributed by atoms with Crippen molar-refractivity contribution >= 4 is 5.69 Å². The summed E-state index contributed by atoms with van der Waals surface area (Å²) in [5.74, 6) is 0. The van der Waals surface area contributed by atoms with E-state index in [1.165, 1.54) is 16.8 Å². The SMILES string of the molecule is CCCn1cc(CNCc2ccc(N(C)C)cc2)cn1. The topological polar surface area (TPSA) is 33.1 Å². The van der Waals surface area contributed by atoms with Crippen LogP contribution in [-0.2, 0) is 19.6 Å². The van der Waals surface area contributed by atoms with Crippen molar-refractivity contribution in [1.29, 1.82) is 0 Å². The smallest absolute Gasteiger partial charge is 0.0534 e. The van der Waals surface area contributed by atoms with Crippen molar-refractivity contribution in [2.75, 3.05) is 19.0 Å². The molecule has 0 aliphatic rings. The molecule has 0 aliphatic heterocycles. The zero-order valence-electron chi connectivity index (χ0n) is 12.6. The van der Waals surface area contributed by atoms with Crippen LogP contribution in [0.5, 0.6) is 0 Å². The summed E-state index contributed by atoms with van der Waals surface area (Å²) in [5, 5.41) is 7.79. The summed E-state index contributed by atoms with van der Waals surface area (Å²) in [4.78, 5) is 2.11. The molecule has 0 bridgehead atoms. The van der Waals surface area contributed by atoms with E-state index in [1.54, 1.807) is 0 Å². The monoisotopic (exact) mass is 272 g/mol. The third kappa shape index (κ3) is 4.10. The number of rotatable bonds is 7. The number of nitrogens with zero attached hydrogens (tertiary/aromatic N) is 3. The van der Waals surface area contributed by atoms with Gasteiger partial charge in [-0.3, -0.25) is 4.68 Å². The first-order valence-corrected chi connectivity index (χ1v) is 7.17. The molecule has 0 saturated heterocycles. The lowest BCUT2D eigenvalue weighted by molar-refractivity contribution is 0.601. The first kappa shape index (κ1) is 14.6. The van der Waals surface area contributed by atoms with Crippen LogP contribution in [-0.4, -0.2) is 23.9 Å². The molecular weight excluding hydrogens is 248 g/mol. The summed E-state index contributed by atoms with van der Waals surface area (Å²) in [5.41, 5.74) is 3.77. The number of hydrogen-bond acceptors (Lipinski definition) is 3. The second kappa shape index (κ2) is 7.10. The Balaban J connectivity index is 1.79. The summed E-state index contributed by atoms with van der Waals surface area (Å²) in [6.45, 7) is 4.90. The maximum Gasteiger partial charge on any atom is 0.0534 e. The molecule has 0 radical (unpaired) electrons. The molecule has 20 heavy (non-hydrogen) atoms. The lowest BCUT2D eigenvalue weighted by Crippen LogP contribution is -2.13. The van der Waals surface area contributed by atoms with Crippen molar-refractivity contribution in [3.63, 3.8) is 0 Å². The minimum Gasteiger partial charge on any atom is -0.378 e. The van der Waals surface area contributed by atoms with Crippen LogP contribution >= 0.6 is 0 Å². The zero-order valence-corrected chi connectivity index (χ0v) is 12.6. The van der Waals surface area contributed by atoms with E-state index < -0.39 is 0 Å². The third-order valence-corrected chi connectivity index (χ3v) is 3.25. The highest BCUT2D eigenvalue weighted by Gasteiger charge is 1.99. The Kier molecular flexibility index (Phi) is 5.18. The molecule has 0 saturated carbocycles. The van der Waals surface area contributed by atoms with Crippen molar-refractivity contribution in [2.24, 2.45) is 0 Å². The molecule has 108 valence electrons. The van der Waals surface area contributed by atoms with E-state index >= 15 is 0 Å². The fourth-order valence-corrected chi connectivity index (χ4v) is 2.11. The molecule has 4 heteroatoms. The Morgan fingerprint density at radius 1 is 1.10 bits per heavy atom. The quantitative estimate of drug-likeness (QED) is 0.841. The number of aromatic nitrogens is 2. The van der Waals surface area contributed by atoms with Crippen LogP contribution in [0.1, 0.15) is 24.5 Å². The predicted molar refractivity (Wildman–Crippen MR) is 83.8 cm³/mol. The predicted octanol–water partition coefficient (Wildman–Crippen LogP) is 2.65. The summed E-state index contributed by atoms with van der Waals surface area (Å²) < 4.78 is 2.00. The Morgan fingerprint density at radius 2 is 1.80 bits per heavy atom. The van der Waals surface area contributed by atoms with E-state index in [9.17, 15) is 0 Å². The molecule has 4 nitrogen and oxygen atoms in total. The number of aryl methyl sites for hydroxylation is 1. The summed E-state index contributed by atoms with van der Waals surface area (Å²) in [7, 11) is 4.11. The molecule has 0 amide bonds. The minimum atomic E-state index is 0.860. The first-order valence-electron chi connectivity index (χ1n) is 7.17. The summed E-state index contributed by atoms with van der Waals surface area (Å²) in [6.07, 6.45) is 5.18. The highest BCUT2D eigenvalue weighted by molar-refractivity contribution is 5.45. The van der Waals surface area contributed by atoms with Gasteiger partial charge in [0.15, 0.2) is 0 Å². The third-order valence-electron chi connectivity index (χ3n) is 3.25. The van der Waals surface area contributed by atoms with Crippen molar-refractivity contribution in [3.8, 4) is 0 Å². The molecule has 0 unspecified atom stereocenters. The zero-order chi connectivity index (χ0) is 14.4. The van der Waals surface area contributed by atoms with Gasteiger partial charge < -0.3 is 10.2 Å². The maximum absolute atomic E-state index is 4.33. The number of benzene rings is 1. The van der Waals surface area contributed by atoms with Crippen molar-refractivity contribution in [1.82, 2.24) is 15.1 Å². The van der Waals surface area contributed by atoms with Gasteiger partial charge in [-0.2, -0.15) is 5.10 Å². The minimum absolute atomic E-state index is 0.860. The highest BCUT2D eigenvalue weighted by atomic mass is 15.3. The van der Waals surface area contributed by atoms with Gasteiger partial charge >= 0.3 is 0 Å². The van der Waals surface area contributed by atoms with Crippen molar-refractivity contribution < 1.29 is 0 Å². The lowest BCUT2D eigenvalue weighted by atomic mass is 10.2. The fourth-order valence-electron chi connectivity index (χ4n) is 2.11. The van der Waals surface area contributed by atoms with E-state index in [0.29, 0.717) is 0 Å². The second-order valence-corrected chi connectivity index (χ2v) is 5.28. The van der Waals surface area contributed by atoms with E-state index in [0.717, 1.165) is 26.1 Å². The van der Waals surface area contributed by atoms with Gasteiger partial charge in [-0.1, -0.05) is 19.1 Å². The lowest BCUT2D eigenvalue weighted by Gasteiger charge is -2.12. The van der Waals surface area contributed by atoms with Crippen molar-refractivity contribution in [2.45, 2.75) is 33.0 Å². The van der Waals surface area contributed by atoms with E-state index in [2.05, 4.69) is 66.8 Å². The van der Waals surface area contributed by atoms with Gasteiger partial charge in [-0.15, -0.1) is 0 Å². The van der Waals surface area contributed by atoms with Gasteiger partial charge in [0.2, 0.25) is 0 Å². The van der Waals surface area contributed by atoms with Crippen LogP contribution < -0.4 is 10.2 Å². The maximum atomic E-state index is 4.33. The van der Waals surface area contributed by atoms with Crippen LogP contribution in [0, 0.1) is 0 Å². The Hall–Kier alpha value is -1.81. The Bertz CT molecular complexity index is 514. The Labute approximate surface area is 121 Å². The van der Waals surface area contributed by atoms with Gasteiger partial charge in [0.1, 0.15) is 0 Å². The number of anilines is 1. The average Bonchev–Trinajstić information content (AvgIpc) is 2.87. The van der Waals surface area contributed by atoms with Gasteiger partial charge in [-0.05, 0) is 24.1 Å².